The molecule has 0 saturated heterocycles. The van der Waals surface area contributed by atoms with Crippen LogP contribution in [0.15, 0.2) is 89.8 Å². The summed E-state index contributed by atoms with van der Waals surface area (Å²) in [4.78, 5) is 4.79. The molecule has 29 heavy (non-hydrogen) atoms. The fourth-order valence-electron chi connectivity index (χ4n) is 2.87. The maximum atomic E-state index is 7.66. The first-order chi connectivity index (χ1) is 13.9. The van der Waals surface area contributed by atoms with Crippen LogP contribution >= 0.6 is 0 Å². The van der Waals surface area contributed by atoms with Crippen molar-refractivity contribution in [2.75, 3.05) is 5.32 Å². The molecule has 0 radical (unpaired) electrons. The molecule has 0 amide bonds. The van der Waals surface area contributed by atoms with E-state index in [1.807, 2.05) is 74.5 Å². The summed E-state index contributed by atoms with van der Waals surface area (Å²) in [6.07, 6.45) is 4.95. The lowest BCUT2D eigenvalue weighted by atomic mass is 10.0. The maximum Gasteiger partial charge on any atom is 0.124 e. The second-order valence-electron chi connectivity index (χ2n) is 6.65. The average Bonchev–Trinajstić information content (AvgIpc) is 2.72. The number of aliphatic imine (C=N–C) groups is 1. The Balaban J connectivity index is 2.07. The standard InChI is InChI=1S/C24H29N5/c1-4-21(14-13-17(2)28-22-11-6-5-7-12-22)29-18(3)19-9-8-10-20(15-19)23(16-25)24(26)27/h4-12,15-16,28H,2,13-14,25H2,1,3H3,(H3,26,27)/b21-4-,23-16-,29-18?. The first-order valence-corrected chi connectivity index (χ1v) is 9.52. The van der Waals surface area contributed by atoms with Gasteiger partial charge in [0.25, 0.3) is 0 Å². The van der Waals surface area contributed by atoms with Gasteiger partial charge < -0.3 is 16.8 Å². The van der Waals surface area contributed by atoms with Crippen molar-refractivity contribution in [1.29, 1.82) is 5.41 Å². The third-order valence-electron chi connectivity index (χ3n) is 4.47. The molecule has 0 saturated carbocycles. The van der Waals surface area contributed by atoms with Crippen LogP contribution < -0.4 is 16.8 Å². The summed E-state index contributed by atoms with van der Waals surface area (Å²) in [5, 5.41) is 11.0. The number of anilines is 1. The molecule has 0 aliphatic carbocycles. The monoisotopic (exact) mass is 387 g/mol. The molecule has 2 aromatic rings. The molecule has 0 atom stereocenters. The molecule has 0 bridgehead atoms. The Bertz CT molecular complexity index is 952. The summed E-state index contributed by atoms with van der Waals surface area (Å²) in [6.45, 7) is 8.07. The van der Waals surface area contributed by atoms with Crippen LogP contribution in [0.2, 0.25) is 0 Å². The number of para-hydroxylation sites is 1. The van der Waals surface area contributed by atoms with Crippen LogP contribution in [0.1, 0.15) is 37.8 Å². The lowest BCUT2D eigenvalue weighted by Gasteiger charge is -2.11. The van der Waals surface area contributed by atoms with E-state index in [9.17, 15) is 0 Å². The van der Waals surface area contributed by atoms with E-state index in [0.29, 0.717) is 5.57 Å². The highest BCUT2D eigenvalue weighted by Gasteiger charge is 2.07. The predicted octanol–water partition coefficient (Wildman–Crippen LogP) is 5.04. The van der Waals surface area contributed by atoms with Crippen molar-refractivity contribution in [3.8, 4) is 0 Å². The summed E-state index contributed by atoms with van der Waals surface area (Å²) >= 11 is 0. The van der Waals surface area contributed by atoms with Gasteiger partial charge in [0, 0.05) is 34.6 Å². The number of benzene rings is 2. The molecular weight excluding hydrogens is 358 g/mol. The predicted molar refractivity (Wildman–Crippen MR) is 125 cm³/mol. The largest absolute Gasteiger partial charge is 0.404 e. The highest BCUT2D eigenvalue weighted by atomic mass is 14.9. The molecule has 5 nitrogen and oxygen atoms in total. The zero-order chi connectivity index (χ0) is 21.2. The minimum absolute atomic E-state index is 0.0576. The Hall–Kier alpha value is -3.60. The molecule has 0 spiro atoms. The zero-order valence-corrected chi connectivity index (χ0v) is 17.1. The molecule has 0 aliphatic heterocycles. The molecule has 2 rings (SSSR count). The highest BCUT2D eigenvalue weighted by molar-refractivity contribution is 6.20. The van der Waals surface area contributed by atoms with E-state index in [1.54, 1.807) is 0 Å². The molecule has 0 fully saturated rings. The molecule has 150 valence electrons. The van der Waals surface area contributed by atoms with Crippen molar-refractivity contribution < 1.29 is 0 Å². The maximum absolute atomic E-state index is 7.66. The van der Waals surface area contributed by atoms with Gasteiger partial charge in [0.15, 0.2) is 0 Å². The lowest BCUT2D eigenvalue weighted by molar-refractivity contribution is 0.915. The second kappa shape index (κ2) is 10.7. The first kappa shape index (κ1) is 21.7. The van der Waals surface area contributed by atoms with E-state index in [2.05, 4.69) is 11.9 Å². The Labute approximate surface area is 173 Å². The van der Waals surface area contributed by atoms with Gasteiger partial charge in [-0.15, -0.1) is 0 Å². The first-order valence-electron chi connectivity index (χ1n) is 9.52. The molecule has 5 heteroatoms. The highest BCUT2D eigenvalue weighted by Crippen LogP contribution is 2.19. The Morgan fingerprint density at radius 2 is 1.79 bits per heavy atom. The summed E-state index contributed by atoms with van der Waals surface area (Å²) in [5.74, 6) is -0.0576. The number of allylic oxidation sites excluding steroid dienone is 3. The van der Waals surface area contributed by atoms with Crippen molar-refractivity contribution in [3.63, 3.8) is 0 Å². The average molecular weight is 388 g/mol. The summed E-state index contributed by atoms with van der Waals surface area (Å²) in [5.41, 5.74) is 17.4. The number of amidine groups is 1. The van der Waals surface area contributed by atoms with E-state index < -0.39 is 0 Å². The van der Waals surface area contributed by atoms with Gasteiger partial charge in [-0.25, -0.2) is 0 Å². The minimum atomic E-state index is -0.0576. The summed E-state index contributed by atoms with van der Waals surface area (Å²) < 4.78 is 0. The van der Waals surface area contributed by atoms with Crippen LogP contribution in [0.3, 0.4) is 0 Å². The van der Waals surface area contributed by atoms with Gasteiger partial charge in [-0.05, 0) is 56.0 Å². The molecule has 6 N–H and O–H groups in total. The van der Waals surface area contributed by atoms with Crippen molar-refractivity contribution >= 4 is 22.8 Å². The second-order valence-corrected chi connectivity index (χ2v) is 6.65. The van der Waals surface area contributed by atoms with Crippen molar-refractivity contribution in [1.82, 2.24) is 0 Å². The molecular formula is C24H29N5. The van der Waals surface area contributed by atoms with Gasteiger partial charge >= 0.3 is 0 Å². The Morgan fingerprint density at radius 1 is 1.10 bits per heavy atom. The SMILES string of the molecule is C=C(CC/C(=C/C)N=C(C)c1cccc(/C(=C/N)C(=N)N)c1)Nc1ccccc1. The molecule has 0 aliphatic rings. The molecule has 0 aromatic heterocycles. The van der Waals surface area contributed by atoms with Crippen LogP contribution in [0.25, 0.3) is 5.57 Å². The number of nitrogens with two attached hydrogens (primary N) is 2. The van der Waals surface area contributed by atoms with Gasteiger partial charge in [0.2, 0.25) is 0 Å². The number of hydrogen-bond acceptors (Lipinski definition) is 4. The van der Waals surface area contributed by atoms with Crippen LogP contribution in [0.4, 0.5) is 5.69 Å². The summed E-state index contributed by atoms with van der Waals surface area (Å²) in [7, 11) is 0. The third-order valence-corrected chi connectivity index (χ3v) is 4.47. The number of hydrogen-bond donors (Lipinski definition) is 4. The van der Waals surface area contributed by atoms with Crippen LogP contribution in [-0.2, 0) is 0 Å². The van der Waals surface area contributed by atoms with Crippen molar-refractivity contribution in [2.45, 2.75) is 26.7 Å². The van der Waals surface area contributed by atoms with E-state index in [4.69, 9.17) is 21.9 Å². The Morgan fingerprint density at radius 3 is 2.41 bits per heavy atom. The number of rotatable bonds is 9. The van der Waals surface area contributed by atoms with Crippen molar-refractivity contribution in [2.24, 2.45) is 16.5 Å². The number of nitrogens with one attached hydrogen (secondary N) is 2. The molecule has 0 unspecified atom stereocenters. The van der Waals surface area contributed by atoms with Gasteiger partial charge in [-0.1, -0.05) is 49.1 Å². The fourth-order valence-corrected chi connectivity index (χ4v) is 2.87. The molecule has 0 heterocycles. The minimum Gasteiger partial charge on any atom is -0.404 e. The van der Waals surface area contributed by atoms with Crippen LogP contribution in [0, 0.1) is 5.41 Å². The van der Waals surface area contributed by atoms with E-state index in [-0.39, 0.29) is 5.84 Å². The third kappa shape index (κ3) is 6.50. The van der Waals surface area contributed by atoms with E-state index >= 15 is 0 Å². The topological polar surface area (TPSA) is 100 Å². The van der Waals surface area contributed by atoms with Gasteiger partial charge in [-0.2, -0.15) is 0 Å². The van der Waals surface area contributed by atoms with Crippen molar-refractivity contribution in [3.05, 3.63) is 96.0 Å². The van der Waals surface area contributed by atoms with E-state index in [0.717, 1.165) is 46.8 Å². The van der Waals surface area contributed by atoms with Gasteiger partial charge in [0.05, 0.1) is 0 Å². The van der Waals surface area contributed by atoms with Crippen LogP contribution in [-0.4, -0.2) is 11.5 Å². The van der Waals surface area contributed by atoms with E-state index in [1.165, 1.54) is 6.20 Å². The summed E-state index contributed by atoms with van der Waals surface area (Å²) in [6, 6.07) is 17.7. The number of nitrogens with zero attached hydrogens (tertiary/aromatic N) is 1. The van der Waals surface area contributed by atoms with Gasteiger partial charge in [-0.3, -0.25) is 10.4 Å². The Kier molecular flexibility index (Phi) is 7.98. The smallest absolute Gasteiger partial charge is 0.124 e. The normalized spacial score (nSPS) is 12.6. The van der Waals surface area contributed by atoms with Crippen LogP contribution in [0.5, 0.6) is 0 Å². The van der Waals surface area contributed by atoms with Gasteiger partial charge in [0.1, 0.15) is 5.84 Å². The molecule has 2 aromatic carbocycles. The lowest BCUT2D eigenvalue weighted by Crippen LogP contribution is -2.13. The quantitative estimate of drug-likeness (QED) is 0.358. The fraction of sp³-hybridized carbons (Fsp3) is 0.167. The zero-order valence-electron chi connectivity index (χ0n) is 17.1.